The maximum atomic E-state index is 9.26. The number of carboxylic acid groups (broad SMARTS) is 1. The van der Waals surface area contributed by atoms with E-state index in [2.05, 4.69) is 28.1 Å². The minimum atomic E-state index is -0.995. The number of aliphatic carboxylic acids is 1. The summed E-state index contributed by atoms with van der Waals surface area (Å²) < 4.78 is 1.12. The quantitative estimate of drug-likeness (QED) is 0.472. The van der Waals surface area contributed by atoms with Gasteiger partial charge in [0.15, 0.2) is 0 Å². The van der Waals surface area contributed by atoms with Gasteiger partial charge in [-0.25, -0.2) is 0 Å². The van der Waals surface area contributed by atoms with Crippen LogP contribution in [0.25, 0.3) is 0 Å². The zero-order valence-corrected chi connectivity index (χ0v) is 13.1. The fourth-order valence-corrected chi connectivity index (χ4v) is 1.54. The van der Waals surface area contributed by atoms with E-state index in [0.717, 1.165) is 4.48 Å². The molecular weight excluding hydrogens is 226 g/mol. The lowest BCUT2D eigenvalue weighted by atomic mass is 10.1. The molecular formula is C15H33NO2. The molecule has 18 heavy (non-hydrogen) atoms. The summed E-state index contributed by atoms with van der Waals surface area (Å²) in [6.07, 6.45) is 10.1. The lowest BCUT2D eigenvalue weighted by Gasteiger charge is -2.23. The number of carbonyl (C=O) groups excluding carboxylic acids is 1. The van der Waals surface area contributed by atoms with Gasteiger partial charge in [-0.05, 0) is 19.3 Å². The Balaban J connectivity index is 0. The number of quaternary nitrogens is 1. The van der Waals surface area contributed by atoms with Crippen molar-refractivity contribution in [3.05, 3.63) is 0 Å². The summed E-state index contributed by atoms with van der Waals surface area (Å²) in [5.74, 6) is -0.995. The molecule has 0 aliphatic rings. The zero-order chi connectivity index (χ0) is 14.4. The van der Waals surface area contributed by atoms with E-state index in [1.807, 2.05) is 0 Å². The van der Waals surface area contributed by atoms with E-state index in [1.165, 1.54) is 58.4 Å². The number of hydrogen-bond acceptors (Lipinski definition) is 2. The van der Waals surface area contributed by atoms with E-state index >= 15 is 0 Å². The van der Waals surface area contributed by atoms with Gasteiger partial charge in [0.05, 0.1) is 27.7 Å². The molecule has 0 spiro atoms. The summed E-state index contributed by atoms with van der Waals surface area (Å²) in [5, 5.41) is 9.26. The third-order valence-electron chi connectivity index (χ3n) is 2.72. The van der Waals surface area contributed by atoms with E-state index in [4.69, 9.17) is 0 Å². The average Bonchev–Trinajstić information content (AvgIpc) is 2.27. The van der Waals surface area contributed by atoms with Crippen molar-refractivity contribution in [2.24, 2.45) is 0 Å². The van der Waals surface area contributed by atoms with Gasteiger partial charge >= 0.3 is 0 Å². The van der Waals surface area contributed by atoms with Crippen LogP contribution in [0.5, 0.6) is 0 Å². The molecule has 0 rings (SSSR count). The second kappa shape index (κ2) is 12.9. The summed E-state index contributed by atoms with van der Waals surface area (Å²) in [4.78, 5) is 9.26. The van der Waals surface area contributed by atoms with Gasteiger partial charge in [-0.3, -0.25) is 0 Å². The topological polar surface area (TPSA) is 40.1 Å². The fraction of sp³-hybridized carbons (Fsp3) is 0.933. The standard InChI is InChI=1S/C12H28N.C3H6O2/c1-5-6-7-8-9-10-11-12-13(2,3)4;1-2-3(4)5/h5-12H2,1-4H3;2H2,1H3,(H,4,5)/q+1;/p-1. The van der Waals surface area contributed by atoms with Crippen LogP contribution >= 0.6 is 0 Å². The van der Waals surface area contributed by atoms with Gasteiger partial charge in [0.2, 0.25) is 0 Å². The number of carboxylic acids is 1. The molecule has 110 valence electrons. The van der Waals surface area contributed by atoms with Crippen molar-refractivity contribution in [3.8, 4) is 0 Å². The summed E-state index contributed by atoms with van der Waals surface area (Å²) in [6, 6.07) is 0. The first kappa shape index (κ1) is 19.8. The van der Waals surface area contributed by atoms with Crippen molar-refractivity contribution < 1.29 is 14.4 Å². The van der Waals surface area contributed by atoms with Crippen LogP contribution < -0.4 is 5.11 Å². The van der Waals surface area contributed by atoms with Gasteiger partial charge in [0.1, 0.15) is 0 Å². The first-order valence-corrected chi connectivity index (χ1v) is 7.33. The highest BCUT2D eigenvalue weighted by Gasteiger charge is 2.04. The number of carbonyl (C=O) groups is 1. The number of hydrogen-bond donors (Lipinski definition) is 0. The normalized spacial score (nSPS) is 10.7. The van der Waals surface area contributed by atoms with Crippen molar-refractivity contribution in [3.63, 3.8) is 0 Å². The van der Waals surface area contributed by atoms with Gasteiger partial charge in [-0.15, -0.1) is 0 Å². The van der Waals surface area contributed by atoms with E-state index in [-0.39, 0.29) is 6.42 Å². The molecule has 0 saturated carbocycles. The van der Waals surface area contributed by atoms with Gasteiger partial charge in [-0.2, -0.15) is 0 Å². The van der Waals surface area contributed by atoms with Crippen LogP contribution in [0.3, 0.4) is 0 Å². The lowest BCUT2D eigenvalue weighted by molar-refractivity contribution is -0.870. The van der Waals surface area contributed by atoms with Crippen LogP contribution in [-0.2, 0) is 4.79 Å². The van der Waals surface area contributed by atoms with E-state index in [1.54, 1.807) is 0 Å². The van der Waals surface area contributed by atoms with Gasteiger partial charge in [-0.1, -0.05) is 46.0 Å². The Labute approximate surface area is 114 Å². The van der Waals surface area contributed by atoms with Gasteiger partial charge in [0, 0.05) is 5.97 Å². The van der Waals surface area contributed by atoms with Crippen LogP contribution in [-0.4, -0.2) is 38.1 Å². The third-order valence-corrected chi connectivity index (χ3v) is 2.72. The lowest BCUT2D eigenvalue weighted by Crippen LogP contribution is -2.35. The monoisotopic (exact) mass is 259 g/mol. The predicted molar refractivity (Wildman–Crippen MR) is 76.2 cm³/mol. The molecule has 0 aromatic heterocycles. The molecule has 3 heteroatoms. The Morgan fingerprint density at radius 3 is 1.61 bits per heavy atom. The minimum absolute atomic E-state index is 0.111. The molecule has 0 saturated heterocycles. The van der Waals surface area contributed by atoms with E-state index < -0.39 is 5.97 Å². The Morgan fingerprint density at radius 1 is 0.889 bits per heavy atom. The van der Waals surface area contributed by atoms with Crippen LogP contribution in [0.1, 0.15) is 65.2 Å². The highest BCUT2D eigenvalue weighted by Crippen LogP contribution is 2.07. The SMILES string of the molecule is CCC(=O)[O-].CCCCCCCCC[N+](C)(C)C. The minimum Gasteiger partial charge on any atom is -0.550 e. The first-order valence-electron chi connectivity index (χ1n) is 7.33. The fourth-order valence-electron chi connectivity index (χ4n) is 1.54. The summed E-state index contributed by atoms with van der Waals surface area (Å²) in [5.41, 5.74) is 0. The molecule has 0 N–H and O–H groups in total. The Kier molecular flexibility index (Phi) is 14.1. The molecule has 0 heterocycles. The molecule has 0 amide bonds. The molecule has 0 unspecified atom stereocenters. The van der Waals surface area contributed by atoms with Gasteiger partial charge < -0.3 is 14.4 Å². The summed E-state index contributed by atoms with van der Waals surface area (Å²) >= 11 is 0. The molecule has 0 bridgehead atoms. The Morgan fingerprint density at radius 2 is 1.28 bits per heavy atom. The second-order valence-electron chi connectivity index (χ2n) is 5.86. The Hall–Kier alpha value is -0.570. The summed E-state index contributed by atoms with van der Waals surface area (Å²) in [7, 11) is 6.82. The molecule has 0 aliphatic carbocycles. The number of unbranched alkanes of at least 4 members (excludes halogenated alkanes) is 6. The van der Waals surface area contributed by atoms with Crippen molar-refractivity contribution in [2.75, 3.05) is 27.7 Å². The Bertz CT molecular complexity index is 185. The molecule has 0 fully saturated rings. The predicted octanol–water partition coefficient (Wildman–Crippen LogP) is 2.59. The van der Waals surface area contributed by atoms with Crippen LogP contribution in [0.4, 0.5) is 0 Å². The number of rotatable bonds is 9. The van der Waals surface area contributed by atoms with E-state index in [9.17, 15) is 9.90 Å². The third kappa shape index (κ3) is 24.6. The highest BCUT2D eigenvalue weighted by atomic mass is 16.4. The van der Waals surface area contributed by atoms with Crippen molar-refractivity contribution in [1.82, 2.24) is 0 Å². The van der Waals surface area contributed by atoms with Crippen LogP contribution in [0, 0.1) is 0 Å². The molecule has 0 aromatic rings. The van der Waals surface area contributed by atoms with Crippen molar-refractivity contribution >= 4 is 5.97 Å². The molecule has 0 atom stereocenters. The average molecular weight is 259 g/mol. The van der Waals surface area contributed by atoms with Crippen LogP contribution in [0.2, 0.25) is 0 Å². The molecule has 0 radical (unpaired) electrons. The first-order chi connectivity index (χ1) is 8.33. The second-order valence-corrected chi connectivity index (χ2v) is 5.86. The van der Waals surface area contributed by atoms with Crippen molar-refractivity contribution in [2.45, 2.75) is 65.2 Å². The smallest absolute Gasteiger partial charge is 0.0780 e. The largest absolute Gasteiger partial charge is 0.550 e. The highest BCUT2D eigenvalue weighted by molar-refractivity contribution is 5.63. The number of nitrogens with zero attached hydrogens (tertiary/aromatic N) is 1. The maximum absolute atomic E-state index is 9.26. The van der Waals surface area contributed by atoms with E-state index in [0.29, 0.717) is 0 Å². The summed E-state index contributed by atoms with van der Waals surface area (Å²) in [6.45, 7) is 5.14. The molecule has 0 aliphatic heterocycles. The van der Waals surface area contributed by atoms with Crippen LogP contribution in [0.15, 0.2) is 0 Å². The zero-order valence-electron chi connectivity index (χ0n) is 13.1. The molecule has 0 aromatic carbocycles. The molecule has 3 nitrogen and oxygen atoms in total. The van der Waals surface area contributed by atoms with Crippen molar-refractivity contribution in [1.29, 1.82) is 0 Å². The maximum Gasteiger partial charge on any atom is 0.0780 e. The van der Waals surface area contributed by atoms with Gasteiger partial charge in [0.25, 0.3) is 0 Å².